The van der Waals surface area contributed by atoms with Crippen molar-refractivity contribution in [3.05, 3.63) is 60.4 Å². The number of carbonyl (C=O) groups excluding carboxylic acids is 1. The average molecular weight is 311 g/mol. The summed E-state index contributed by atoms with van der Waals surface area (Å²) in [6, 6.07) is 13.4. The van der Waals surface area contributed by atoms with Crippen molar-refractivity contribution in [2.45, 2.75) is 38.0 Å². The van der Waals surface area contributed by atoms with Gasteiger partial charge in [-0.2, -0.15) is 0 Å². The molecule has 3 rings (SSSR count). The van der Waals surface area contributed by atoms with Crippen LogP contribution in [0.5, 0.6) is 5.75 Å². The lowest BCUT2D eigenvalue weighted by molar-refractivity contribution is 0.172. The summed E-state index contributed by atoms with van der Waals surface area (Å²) in [7, 11) is 0. The number of rotatable bonds is 5. The molecule has 2 aromatic rings. The third-order valence-electron chi connectivity index (χ3n) is 3.98. The molecule has 0 aliphatic heterocycles. The summed E-state index contributed by atoms with van der Waals surface area (Å²) in [5.41, 5.74) is 0.978. The van der Waals surface area contributed by atoms with Crippen molar-refractivity contribution < 1.29 is 9.53 Å². The number of ether oxygens (including phenoxy) is 1. The smallest absolute Gasteiger partial charge is 0.315 e. The Labute approximate surface area is 136 Å². The zero-order chi connectivity index (χ0) is 15.9. The van der Waals surface area contributed by atoms with Crippen molar-refractivity contribution in [3.8, 4) is 5.75 Å². The van der Waals surface area contributed by atoms with Crippen molar-refractivity contribution in [1.82, 2.24) is 15.6 Å². The SMILES string of the molecule is O=C(NCc1cccnc1)N[C@H]1CCC[C@H]1Oc1ccccc1. The third-order valence-corrected chi connectivity index (χ3v) is 3.98. The normalized spacial score (nSPS) is 20.0. The highest BCUT2D eigenvalue weighted by molar-refractivity contribution is 5.74. The lowest BCUT2D eigenvalue weighted by Crippen LogP contribution is -2.46. The fraction of sp³-hybridized carbons (Fsp3) is 0.333. The largest absolute Gasteiger partial charge is 0.488 e. The number of amides is 2. The van der Waals surface area contributed by atoms with Gasteiger partial charge in [0.1, 0.15) is 11.9 Å². The Morgan fingerprint density at radius 3 is 2.83 bits per heavy atom. The van der Waals surface area contributed by atoms with Gasteiger partial charge >= 0.3 is 6.03 Å². The number of urea groups is 1. The van der Waals surface area contributed by atoms with Gasteiger partial charge in [0.25, 0.3) is 0 Å². The van der Waals surface area contributed by atoms with Gasteiger partial charge in [0.05, 0.1) is 6.04 Å². The lowest BCUT2D eigenvalue weighted by atomic mass is 10.2. The molecule has 0 saturated heterocycles. The molecule has 1 aromatic carbocycles. The summed E-state index contributed by atoms with van der Waals surface area (Å²) in [5, 5.41) is 5.89. The Balaban J connectivity index is 1.49. The van der Waals surface area contributed by atoms with Gasteiger partial charge in [-0.3, -0.25) is 4.98 Å². The van der Waals surface area contributed by atoms with Crippen LogP contribution in [0.2, 0.25) is 0 Å². The van der Waals surface area contributed by atoms with Crippen LogP contribution in [0.4, 0.5) is 4.79 Å². The zero-order valence-corrected chi connectivity index (χ0v) is 12.9. The Morgan fingerprint density at radius 2 is 2.04 bits per heavy atom. The molecule has 5 nitrogen and oxygen atoms in total. The molecular formula is C18H21N3O2. The Morgan fingerprint density at radius 1 is 1.17 bits per heavy atom. The summed E-state index contributed by atoms with van der Waals surface area (Å²) in [6.07, 6.45) is 6.46. The Bertz CT molecular complexity index is 619. The van der Waals surface area contributed by atoms with Gasteiger partial charge in [0, 0.05) is 18.9 Å². The molecule has 1 aromatic heterocycles. The van der Waals surface area contributed by atoms with Crippen molar-refractivity contribution in [2.75, 3.05) is 0 Å². The molecule has 120 valence electrons. The molecule has 1 fully saturated rings. The van der Waals surface area contributed by atoms with Gasteiger partial charge in [0.15, 0.2) is 0 Å². The van der Waals surface area contributed by atoms with E-state index in [1.54, 1.807) is 12.4 Å². The first-order valence-electron chi connectivity index (χ1n) is 7.96. The summed E-state index contributed by atoms with van der Waals surface area (Å²) >= 11 is 0. The number of aromatic nitrogens is 1. The number of pyridine rings is 1. The van der Waals surface area contributed by atoms with Gasteiger partial charge in [-0.1, -0.05) is 24.3 Å². The van der Waals surface area contributed by atoms with Crippen LogP contribution in [-0.4, -0.2) is 23.2 Å². The van der Waals surface area contributed by atoms with Crippen molar-refractivity contribution in [1.29, 1.82) is 0 Å². The predicted molar refractivity (Wildman–Crippen MR) is 88.1 cm³/mol. The third kappa shape index (κ3) is 4.45. The highest BCUT2D eigenvalue weighted by Gasteiger charge is 2.30. The first-order chi connectivity index (χ1) is 11.3. The van der Waals surface area contributed by atoms with E-state index in [0.717, 1.165) is 30.6 Å². The molecule has 2 N–H and O–H groups in total. The van der Waals surface area contributed by atoms with Crippen LogP contribution in [0.15, 0.2) is 54.9 Å². The molecule has 1 aliphatic carbocycles. The van der Waals surface area contributed by atoms with Crippen LogP contribution in [-0.2, 0) is 6.54 Å². The molecule has 0 bridgehead atoms. The first kappa shape index (κ1) is 15.3. The first-order valence-corrected chi connectivity index (χ1v) is 7.96. The predicted octanol–water partition coefficient (Wildman–Crippen LogP) is 2.88. The van der Waals surface area contributed by atoms with E-state index in [0.29, 0.717) is 6.54 Å². The van der Waals surface area contributed by atoms with Gasteiger partial charge in [-0.25, -0.2) is 4.79 Å². The van der Waals surface area contributed by atoms with E-state index in [2.05, 4.69) is 15.6 Å². The number of benzene rings is 1. The second kappa shape index (κ2) is 7.63. The van der Waals surface area contributed by atoms with E-state index in [-0.39, 0.29) is 18.2 Å². The van der Waals surface area contributed by atoms with Crippen molar-refractivity contribution >= 4 is 6.03 Å². The topological polar surface area (TPSA) is 63.2 Å². The molecule has 0 spiro atoms. The van der Waals surface area contributed by atoms with Crippen LogP contribution in [0.1, 0.15) is 24.8 Å². The monoisotopic (exact) mass is 311 g/mol. The van der Waals surface area contributed by atoms with Crippen molar-refractivity contribution in [2.24, 2.45) is 0 Å². The van der Waals surface area contributed by atoms with Gasteiger partial charge in [0.2, 0.25) is 0 Å². The summed E-state index contributed by atoms with van der Waals surface area (Å²) in [5.74, 6) is 0.849. The minimum absolute atomic E-state index is 0.0292. The molecule has 1 heterocycles. The molecule has 23 heavy (non-hydrogen) atoms. The molecule has 2 atom stereocenters. The number of nitrogens with zero attached hydrogens (tertiary/aromatic N) is 1. The fourth-order valence-corrected chi connectivity index (χ4v) is 2.81. The molecule has 0 unspecified atom stereocenters. The number of hydrogen-bond acceptors (Lipinski definition) is 3. The van der Waals surface area contributed by atoms with E-state index in [9.17, 15) is 4.79 Å². The van der Waals surface area contributed by atoms with E-state index in [4.69, 9.17) is 4.74 Å². The molecule has 2 amide bonds. The summed E-state index contributed by atoms with van der Waals surface area (Å²) < 4.78 is 6.00. The van der Waals surface area contributed by atoms with Gasteiger partial charge < -0.3 is 15.4 Å². The van der Waals surface area contributed by atoms with Crippen LogP contribution >= 0.6 is 0 Å². The number of nitrogens with one attached hydrogen (secondary N) is 2. The minimum atomic E-state index is -0.164. The quantitative estimate of drug-likeness (QED) is 0.892. The zero-order valence-electron chi connectivity index (χ0n) is 12.9. The Hall–Kier alpha value is -2.56. The Kier molecular flexibility index (Phi) is 5.09. The van der Waals surface area contributed by atoms with E-state index in [1.165, 1.54) is 0 Å². The van der Waals surface area contributed by atoms with Gasteiger partial charge in [-0.15, -0.1) is 0 Å². The standard InChI is InChI=1S/C18H21N3O2/c22-18(20-13-14-6-5-11-19-12-14)21-16-9-4-10-17(16)23-15-7-2-1-3-8-15/h1-3,5-8,11-12,16-17H,4,9-10,13H2,(H2,20,21,22)/t16-,17+/m0/s1. The van der Waals surface area contributed by atoms with Crippen LogP contribution in [0, 0.1) is 0 Å². The van der Waals surface area contributed by atoms with Crippen molar-refractivity contribution in [3.63, 3.8) is 0 Å². The van der Waals surface area contributed by atoms with Crippen LogP contribution in [0.3, 0.4) is 0 Å². The highest BCUT2D eigenvalue weighted by atomic mass is 16.5. The fourth-order valence-electron chi connectivity index (χ4n) is 2.81. The summed E-state index contributed by atoms with van der Waals surface area (Å²) in [6.45, 7) is 0.469. The molecule has 1 saturated carbocycles. The maximum absolute atomic E-state index is 12.1. The molecule has 1 aliphatic rings. The van der Waals surface area contributed by atoms with Crippen LogP contribution in [0.25, 0.3) is 0 Å². The second-order valence-electron chi connectivity index (χ2n) is 5.70. The molecule has 5 heteroatoms. The average Bonchev–Trinajstić information content (AvgIpc) is 3.02. The minimum Gasteiger partial charge on any atom is -0.488 e. The maximum Gasteiger partial charge on any atom is 0.315 e. The molecular weight excluding hydrogens is 290 g/mol. The number of para-hydroxylation sites is 1. The second-order valence-corrected chi connectivity index (χ2v) is 5.70. The number of carbonyl (C=O) groups is 1. The van der Waals surface area contributed by atoms with E-state index < -0.39 is 0 Å². The van der Waals surface area contributed by atoms with E-state index >= 15 is 0 Å². The maximum atomic E-state index is 12.1. The lowest BCUT2D eigenvalue weighted by Gasteiger charge is -2.22. The summed E-state index contributed by atoms with van der Waals surface area (Å²) in [4.78, 5) is 16.1. The van der Waals surface area contributed by atoms with Gasteiger partial charge in [-0.05, 0) is 43.0 Å². The van der Waals surface area contributed by atoms with E-state index in [1.807, 2.05) is 42.5 Å². The molecule has 0 radical (unpaired) electrons. The number of hydrogen-bond donors (Lipinski definition) is 2. The highest BCUT2D eigenvalue weighted by Crippen LogP contribution is 2.24. The van der Waals surface area contributed by atoms with Crippen LogP contribution < -0.4 is 15.4 Å².